The molecule has 5 rings (SSSR count). The highest BCUT2D eigenvalue weighted by Crippen LogP contribution is 2.30. The molecule has 4 heterocycles. The van der Waals surface area contributed by atoms with Crippen molar-refractivity contribution in [2.24, 2.45) is 0 Å². The fraction of sp³-hybridized carbons (Fsp3) is 0.333. The van der Waals surface area contributed by atoms with Crippen molar-refractivity contribution in [3.8, 4) is 11.1 Å². The summed E-state index contributed by atoms with van der Waals surface area (Å²) in [5, 5.41) is 2.90. The van der Waals surface area contributed by atoms with Gasteiger partial charge >= 0.3 is 0 Å². The van der Waals surface area contributed by atoms with Crippen LogP contribution in [0.1, 0.15) is 54.2 Å². The predicted octanol–water partition coefficient (Wildman–Crippen LogP) is 4.60. The quantitative estimate of drug-likeness (QED) is 0.356. The van der Waals surface area contributed by atoms with Gasteiger partial charge in [-0.15, -0.1) is 0 Å². The van der Waals surface area contributed by atoms with E-state index in [1.54, 1.807) is 18.2 Å². The van der Waals surface area contributed by atoms with Gasteiger partial charge in [-0.25, -0.2) is 4.98 Å². The van der Waals surface area contributed by atoms with Crippen LogP contribution in [0.3, 0.4) is 0 Å². The van der Waals surface area contributed by atoms with Crippen LogP contribution in [-0.2, 0) is 11.3 Å². The van der Waals surface area contributed by atoms with Crippen molar-refractivity contribution in [1.82, 2.24) is 19.8 Å². The minimum Gasteiger partial charge on any atom is -0.398 e. The standard InChI is InChI=1S/C30H34N6O2/c1-2-25(29(37)34-24-8-10-28(33-19-24)30(38)36-13-5-6-14-36)26-16-22(7-9-27(26)31)23-15-21(17-32-18-23)20-35-11-3-4-12-35/h2,7-10,15-19H,3-6,11-14,20,31H2,1H3,(H,34,37). The molecule has 0 aliphatic carbocycles. The van der Waals surface area contributed by atoms with Gasteiger partial charge in [0, 0.05) is 54.4 Å². The third kappa shape index (κ3) is 5.75. The lowest BCUT2D eigenvalue weighted by Gasteiger charge is -2.16. The first-order valence-corrected chi connectivity index (χ1v) is 13.3. The number of allylic oxidation sites excluding steroid dienone is 1. The Kier molecular flexibility index (Phi) is 7.79. The lowest BCUT2D eigenvalue weighted by Crippen LogP contribution is -2.28. The molecule has 2 fully saturated rings. The summed E-state index contributed by atoms with van der Waals surface area (Å²) in [4.78, 5) is 38.8. The molecular formula is C30H34N6O2. The number of carbonyl (C=O) groups is 2. The average Bonchev–Trinajstić information content (AvgIpc) is 3.65. The Labute approximate surface area is 223 Å². The summed E-state index contributed by atoms with van der Waals surface area (Å²) >= 11 is 0. The molecule has 2 aliphatic heterocycles. The summed E-state index contributed by atoms with van der Waals surface area (Å²) in [5.41, 5.74) is 12.0. The number of aromatic nitrogens is 2. The summed E-state index contributed by atoms with van der Waals surface area (Å²) in [6, 6.07) is 11.3. The monoisotopic (exact) mass is 510 g/mol. The Morgan fingerprint density at radius 3 is 2.42 bits per heavy atom. The van der Waals surface area contributed by atoms with Crippen molar-refractivity contribution >= 4 is 28.8 Å². The van der Waals surface area contributed by atoms with Crippen LogP contribution < -0.4 is 11.1 Å². The van der Waals surface area contributed by atoms with E-state index in [1.807, 2.05) is 42.4 Å². The maximum atomic E-state index is 13.3. The van der Waals surface area contributed by atoms with Crippen LogP contribution in [0.25, 0.3) is 16.7 Å². The molecule has 0 radical (unpaired) electrons. The van der Waals surface area contributed by atoms with Crippen LogP contribution in [0.15, 0.2) is 61.1 Å². The highest BCUT2D eigenvalue weighted by Gasteiger charge is 2.21. The molecule has 8 heteroatoms. The van der Waals surface area contributed by atoms with E-state index in [-0.39, 0.29) is 11.8 Å². The zero-order valence-electron chi connectivity index (χ0n) is 21.8. The molecule has 3 aromatic rings. The second-order valence-electron chi connectivity index (χ2n) is 9.96. The van der Waals surface area contributed by atoms with Crippen LogP contribution >= 0.6 is 0 Å². The fourth-order valence-electron chi connectivity index (χ4n) is 5.18. The highest BCUT2D eigenvalue weighted by atomic mass is 16.2. The van der Waals surface area contributed by atoms with Crippen LogP contribution in [0, 0.1) is 0 Å². The van der Waals surface area contributed by atoms with Crippen molar-refractivity contribution in [3.05, 3.63) is 77.9 Å². The lowest BCUT2D eigenvalue weighted by atomic mass is 9.97. The fourth-order valence-corrected chi connectivity index (χ4v) is 5.18. The Bertz CT molecular complexity index is 1340. The largest absolute Gasteiger partial charge is 0.398 e. The van der Waals surface area contributed by atoms with Gasteiger partial charge in [-0.05, 0) is 87.2 Å². The van der Waals surface area contributed by atoms with E-state index in [1.165, 1.54) is 24.6 Å². The molecule has 0 atom stereocenters. The van der Waals surface area contributed by atoms with Gasteiger partial charge in [0.05, 0.1) is 11.9 Å². The maximum absolute atomic E-state index is 13.3. The highest BCUT2D eigenvalue weighted by molar-refractivity contribution is 6.26. The zero-order chi connectivity index (χ0) is 26.5. The molecule has 38 heavy (non-hydrogen) atoms. The van der Waals surface area contributed by atoms with E-state index in [4.69, 9.17) is 5.73 Å². The molecule has 0 unspecified atom stereocenters. The molecular weight excluding hydrogens is 476 g/mol. The van der Waals surface area contributed by atoms with Crippen molar-refractivity contribution < 1.29 is 9.59 Å². The number of benzene rings is 1. The maximum Gasteiger partial charge on any atom is 0.272 e. The van der Waals surface area contributed by atoms with E-state index in [0.717, 1.165) is 56.7 Å². The van der Waals surface area contributed by atoms with Crippen LogP contribution in [0.2, 0.25) is 0 Å². The molecule has 2 amide bonds. The van der Waals surface area contributed by atoms with Crippen LogP contribution in [0.5, 0.6) is 0 Å². The van der Waals surface area contributed by atoms with Crippen molar-refractivity contribution in [1.29, 1.82) is 0 Å². The Hall–Kier alpha value is -4.04. The van der Waals surface area contributed by atoms with Gasteiger partial charge in [-0.1, -0.05) is 12.1 Å². The number of likely N-dealkylation sites (tertiary alicyclic amines) is 2. The van der Waals surface area contributed by atoms with Gasteiger partial charge in [0.25, 0.3) is 11.8 Å². The van der Waals surface area contributed by atoms with Gasteiger partial charge in [0.15, 0.2) is 0 Å². The number of nitrogens with zero attached hydrogens (tertiary/aromatic N) is 4. The molecule has 8 nitrogen and oxygen atoms in total. The number of rotatable bonds is 7. The normalized spacial score (nSPS) is 16.1. The number of nitrogen functional groups attached to an aromatic ring is 1. The third-order valence-electron chi connectivity index (χ3n) is 7.24. The van der Waals surface area contributed by atoms with Crippen molar-refractivity contribution in [2.75, 3.05) is 37.2 Å². The summed E-state index contributed by atoms with van der Waals surface area (Å²) in [6.07, 6.45) is 11.6. The minimum absolute atomic E-state index is 0.0712. The number of pyridine rings is 2. The Morgan fingerprint density at radius 1 is 0.947 bits per heavy atom. The van der Waals surface area contributed by atoms with E-state index >= 15 is 0 Å². The number of carbonyl (C=O) groups excluding carboxylic acids is 2. The number of amides is 2. The van der Waals surface area contributed by atoms with Crippen LogP contribution in [-0.4, -0.2) is 57.8 Å². The predicted molar refractivity (Wildman–Crippen MR) is 150 cm³/mol. The zero-order valence-corrected chi connectivity index (χ0v) is 21.8. The topological polar surface area (TPSA) is 104 Å². The first-order chi connectivity index (χ1) is 18.5. The molecule has 1 aromatic carbocycles. The number of nitrogens with two attached hydrogens (primary N) is 1. The van der Waals surface area contributed by atoms with E-state index in [9.17, 15) is 9.59 Å². The molecule has 3 N–H and O–H groups in total. The minimum atomic E-state index is -0.294. The molecule has 0 bridgehead atoms. The smallest absolute Gasteiger partial charge is 0.272 e. The summed E-state index contributed by atoms with van der Waals surface area (Å²) in [5.74, 6) is -0.365. The summed E-state index contributed by atoms with van der Waals surface area (Å²) in [7, 11) is 0. The Balaban J connectivity index is 1.31. The molecule has 2 aromatic heterocycles. The van der Waals surface area contributed by atoms with Crippen molar-refractivity contribution in [2.45, 2.75) is 39.2 Å². The van der Waals surface area contributed by atoms with Gasteiger partial charge in [0.2, 0.25) is 0 Å². The van der Waals surface area contributed by atoms with Crippen molar-refractivity contribution in [3.63, 3.8) is 0 Å². The van der Waals surface area contributed by atoms with E-state index in [0.29, 0.717) is 28.2 Å². The first-order valence-electron chi connectivity index (χ1n) is 13.3. The second kappa shape index (κ2) is 11.6. The number of hydrogen-bond donors (Lipinski definition) is 2. The SMILES string of the molecule is CC=C(C(=O)Nc1ccc(C(=O)N2CCCC2)nc1)c1cc(-c2cncc(CN3CCCC3)c2)ccc1N. The average molecular weight is 511 g/mol. The number of anilines is 2. The lowest BCUT2D eigenvalue weighted by molar-refractivity contribution is -0.111. The third-order valence-corrected chi connectivity index (χ3v) is 7.24. The Morgan fingerprint density at radius 2 is 1.71 bits per heavy atom. The summed E-state index contributed by atoms with van der Waals surface area (Å²) in [6.45, 7) is 6.49. The van der Waals surface area contributed by atoms with Gasteiger partial charge in [0.1, 0.15) is 5.69 Å². The second-order valence-corrected chi connectivity index (χ2v) is 9.96. The molecule has 196 valence electrons. The van der Waals surface area contributed by atoms with Gasteiger partial charge in [-0.3, -0.25) is 19.5 Å². The molecule has 2 aliphatic rings. The molecule has 0 saturated carbocycles. The summed E-state index contributed by atoms with van der Waals surface area (Å²) < 4.78 is 0. The molecule has 0 spiro atoms. The van der Waals surface area contributed by atoms with E-state index < -0.39 is 0 Å². The van der Waals surface area contributed by atoms with E-state index in [2.05, 4.69) is 26.3 Å². The number of nitrogens with one attached hydrogen (secondary N) is 1. The number of hydrogen-bond acceptors (Lipinski definition) is 6. The molecule has 2 saturated heterocycles. The first kappa shape index (κ1) is 25.6. The van der Waals surface area contributed by atoms with Crippen LogP contribution in [0.4, 0.5) is 11.4 Å². The van der Waals surface area contributed by atoms with Gasteiger partial charge < -0.3 is 16.0 Å². The van der Waals surface area contributed by atoms with Gasteiger partial charge in [-0.2, -0.15) is 0 Å².